The minimum atomic E-state index is -1.00. The lowest BCUT2D eigenvalue weighted by Crippen LogP contribution is -2.55. The van der Waals surface area contributed by atoms with Gasteiger partial charge in [-0.25, -0.2) is 9.78 Å². The van der Waals surface area contributed by atoms with E-state index in [2.05, 4.69) is 14.9 Å². The second-order valence-corrected chi connectivity index (χ2v) is 5.79. The molecule has 0 aliphatic carbocycles. The summed E-state index contributed by atoms with van der Waals surface area (Å²) in [7, 11) is 0. The lowest BCUT2D eigenvalue weighted by Gasteiger charge is -2.38. The highest BCUT2D eigenvalue weighted by molar-refractivity contribution is 5.85. The largest absolute Gasteiger partial charge is 0.480 e. The molecule has 2 saturated heterocycles. The molecule has 124 valence electrons. The van der Waals surface area contributed by atoms with Crippen molar-refractivity contribution in [3.05, 3.63) is 18.6 Å². The molecule has 8 heteroatoms. The number of hydrogen-bond acceptors (Lipinski definition) is 6. The van der Waals surface area contributed by atoms with Gasteiger partial charge in [0.1, 0.15) is 5.82 Å². The number of rotatable bonds is 3. The Balaban J connectivity index is 1.60. The highest BCUT2D eigenvalue weighted by Gasteiger charge is 2.37. The number of carbonyl (C=O) groups is 2. The number of carbonyl (C=O) groups excluding carboxylic acids is 1. The number of hydrogen-bond donors (Lipinski definition) is 1. The van der Waals surface area contributed by atoms with Crippen molar-refractivity contribution in [1.82, 2.24) is 14.9 Å². The minimum absolute atomic E-state index is 0.0690. The van der Waals surface area contributed by atoms with Gasteiger partial charge >= 0.3 is 5.97 Å². The molecule has 1 amide bonds. The summed E-state index contributed by atoms with van der Waals surface area (Å²) in [5, 5.41) is 9.25. The molecule has 3 rings (SSSR count). The summed E-state index contributed by atoms with van der Waals surface area (Å²) in [6, 6.07) is -0.866. The fraction of sp³-hybridized carbons (Fsp3) is 0.600. The number of anilines is 1. The molecule has 1 unspecified atom stereocenters. The predicted octanol–water partition coefficient (Wildman–Crippen LogP) is 0.00500. The van der Waals surface area contributed by atoms with Gasteiger partial charge in [-0.15, -0.1) is 0 Å². The van der Waals surface area contributed by atoms with Crippen molar-refractivity contribution in [2.45, 2.75) is 18.9 Å². The molecule has 1 aromatic rings. The van der Waals surface area contributed by atoms with Gasteiger partial charge in [0, 0.05) is 37.9 Å². The monoisotopic (exact) mass is 320 g/mol. The lowest BCUT2D eigenvalue weighted by atomic mass is 9.94. The first kappa shape index (κ1) is 15.7. The van der Waals surface area contributed by atoms with Crippen molar-refractivity contribution in [2.75, 3.05) is 37.7 Å². The van der Waals surface area contributed by atoms with Crippen LogP contribution >= 0.6 is 0 Å². The molecule has 0 saturated carbocycles. The Bertz CT molecular complexity index is 560. The number of aromatic nitrogens is 2. The molecular formula is C15H20N4O4. The van der Waals surface area contributed by atoms with Gasteiger partial charge in [-0.1, -0.05) is 0 Å². The molecule has 1 N–H and O–H groups in total. The van der Waals surface area contributed by atoms with Crippen LogP contribution in [0.4, 0.5) is 5.82 Å². The first-order chi connectivity index (χ1) is 11.2. The molecule has 2 fully saturated rings. The molecule has 2 aliphatic rings. The summed E-state index contributed by atoms with van der Waals surface area (Å²) >= 11 is 0. The Morgan fingerprint density at radius 1 is 1.22 bits per heavy atom. The van der Waals surface area contributed by atoms with Crippen molar-refractivity contribution in [2.24, 2.45) is 5.92 Å². The molecule has 1 atom stereocenters. The average molecular weight is 320 g/mol. The highest BCUT2D eigenvalue weighted by Crippen LogP contribution is 2.24. The van der Waals surface area contributed by atoms with Crippen molar-refractivity contribution in [3.63, 3.8) is 0 Å². The number of morpholine rings is 1. The van der Waals surface area contributed by atoms with E-state index in [9.17, 15) is 14.7 Å². The number of nitrogens with zero attached hydrogens (tertiary/aromatic N) is 4. The normalized spacial score (nSPS) is 22.9. The van der Waals surface area contributed by atoms with Crippen LogP contribution in [0, 0.1) is 5.92 Å². The number of carboxylic acids is 1. The van der Waals surface area contributed by atoms with Crippen LogP contribution in [0.3, 0.4) is 0 Å². The van der Waals surface area contributed by atoms with Crippen LogP contribution < -0.4 is 4.90 Å². The lowest BCUT2D eigenvalue weighted by molar-refractivity contribution is -0.160. The Morgan fingerprint density at radius 3 is 2.65 bits per heavy atom. The summed E-state index contributed by atoms with van der Waals surface area (Å²) in [4.78, 5) is 35.9. The topological polar surface area (TPSA) is 95.9 Å². The van der Waals surface area contributed by atoms with Gasteiger partial charge < -0.3 is 19.6 Å². The van der Waals surface area contributed by atoms with Gasteiger partial charge in [-0.3, -0.25) is 9.78 Å². The molecule has 3 heterocycles. The van der Waals surface area contributed by atoms with Crippen molar-refractivity contribution in [3.8, 4) is 0 Å². The molecule has 0 radical (unpaired) electrons. The average Bonchev–Trinajstić information content (AvgIpc) is 2.62. The van der Waals surface area contributed by atoms with E-state index in [4.69, 9.17) is 4.74 Å². The number of ether oxygens (including phenoxy) is 1. The molecule has 23 heavy (non-hydrogen) atoms. The molecule has 0 bridgehead atoms. The number of carboxylic acid groups (broad SMARTS) is 1. The second kappa shape index (κ2) is 6.91. The summed E-state index contributed by atoms with van der Waals surface area (Å²) in [6.07, 6.45) is 6.38. The Hall–Kier alpha value is -2.22. The van der Waals surface area contributed by atoms with Gasteiger partial charge in [0.25, 0.3) is 0 Å². The number of amides is 1. The number of piperidine rings is 1. The third kappa shape index (κ3) is 3.42. The molecule has 1 aromatic heterocycles. The Kier molecular flexibility index (Phi) is 4.71. The van der Waals surface area contributed by atoms with Crippen molar-refractivity contribution < 1.29 is 19.4 Å². The van der Waals surface area contributed by atoms with Gasteiger partial charge in [0.05, 0.1) is 19.4 Å². The molecule has 0 aromatic carbocycles. The maximum Gasteiger partial charge on any atom is 0.328 e. The summed E-state index contributed by atoms with van der Waals surface area (Å²) in [5.41, 5.74) is 0. The van der Waals surface area contributed by atoms with E-state index in [1.807, 2.05) is 0 Å². The van der Waals surface area contributed by atoms with Crippen LogP contribution in [0.15, 0.2) is 18.6 Å². The van der Waals surface area contributed by atoms with E-state index in [0.29, 0.717) is 26.0 Å². The fourth-order valence-electron chi connectivity index (χ4n) is 3.12. The minimum Gasteiger partial charge on any atom is -0.480 e. The van der Waals surface area contributed by atoms with E-state index in [1.165, 1.54) is 4.90 Å². The van der Waals surface area contributed by atoms with Gasteiger partial charge in [0.2, 0.25) is 5.91 Å². The molecular weight excluding hydrogens is 300 g/mol. The van der Waals surface area contributed by atoms with Crippen molar-refractivity contribution in [1.29, 1.82) is 0 Å². The fourth-order valence-corrected chi connectivity index (χ4v) is 3.12. The number of aliphatic carboxylic acids is 1. The van der Waals surface area contributed by atoms with Gasteiger partial charge in [-0.2, -0.15) is 0 Å². The standard InChI is InChI=1S/C15H20N4O4/c20-14(19-7-8-23-10-12(19)15(21)22)11-1-5-18(6-2-11)13-9-16-3-4-17-13/h3-4,9,11-12H,1-2,5-8,10H2,(H,21,22). The van der Waals surface area contributed by atoms with E-state index >= 15 is 0 Å². The second-order valence-electron chi connectivity index (χ2n) is 5.79. The van der Waals surface area contributed by atoms with Crippen LogP contribution in [0.2, 0.25) is 0 Å². The van der Waals surface area contributed by atoms with Crippen LogP contribution in [-0.4, -0.2) is 70.7 Å². The Morgan fingerprint density at radius 2 is 2.00 bits per heavy atom. The zero-order valence-electron chi connectivity index (χ0n) is 12.8. The Labute approximate surface area is 134 Å². The SMILES string of the molecule is O=C(O)C1COCCN1C(=O)C1CCN(c2cnccn2)CC1. The summed E-state index contributed by atoms with van der Waals surface area (Å²) in [6.45, 7) is 2.25. The van der Waals surface area contributed by atoms with Crippen LogP contribution in [0.25, 0.3) is 0 Å². The van der Waals surface area contributed by atoms with Gasteiger partial charge in [0.15, 0.2) is 6.04 Å². The first-order valence-corrected chi connectivity index (χ1v) is 7.79. The van der Waals surface area contributed by atoms with E-state index in [-0.39, 0.29) is 18.4 Å². The van der Waals surface area contributed by atoms with Crippen LogP contribution in [0.5, 0.6) is 0 Å². The zero-order chi connectivity index (χ0) is 16.2. The summed E-state index contributed by atoms with van der Waals surface area (Å²) < 4.78 is 5.19. The van der Waals surface area contributed by atoms with Crippen LogP contribution in [0.1, 0.15) is 12.8 Å². The van der Waals surface area contributed by atoms with E-state index in [1.54, 1.807) is 18.6 Å². The highest BCUT2D eigenvalue weighted by atomic mass is 16.5. The van der Waals surface area contributed by atoms with E-state index < -0.39 is 12.0 Å². The smallest absolute Gasteiger partial charge is 0.328 e. The molecule has 0 spiro atoms. The van der Waals surface area contributed by atoms with E-state index in [0.717, 1.165) is 18.9 Å². The van der Waals surface area contributed by atoms with Crippen LogP contribution in [-0.2, 0) is 14.3 Å². The summed E-state index contributed by atoms with van der Waals surface area (Å²) in [5.74, 6) is -0.398. The third-order valence-corrected chi connectivity index (χ3v) is 4.41. The maximum absolute atomic E-state index is 12.7. The maximum atomic E-state index is 12.7. The van der Waals surface area contributed by atoms with Crippen molar-refractivity contribution >= 4 is 17.7 Å². The molecule has 2 aliphatic heterocycles. The predicted molar refractivity (Wildman–Crippen MR) is 80.9 cm³/mol. The van der Waals surface area contributed by atoms with Gasteiger partial charge in [-0.05, 0) is 12.8 Å². The molecule has 8 nitrogen and oxygen atoms in total. The third-order valence-electron chi connectivity index (χ3n) is 4.41. The quantitative estimate of drug-likeness (QED) is 0.837. The zero-order valence-corrected chi connectivity index (χ0v) is 12.8. The first-order valence-electron chi connectivity index (χ1n) is 7.79.